The Balaban J connectivity index is 1.31. The van der Waals surface area contributed by atoms with Crippen molar-refractivity contribution >= 4 is 50.9 Å². The summed E-state index contributed by atoms with van der Waals surface area (Å²) in [5.74, 6) is -0.948. The minimum absolute atomic E-state index is 0.0452. The molecule has 1 saturated heterocycles. The summed E-state index contributed by atoms with van der Waals surface area (Å²) in [5, 5.41) is 14.0. The Bertz CT molecular complexity index is 1930. The summed E-state index contributed by atoms with van der Waals surface area (Å²) in [6, 6.07) is 14.2. The fourth-order valence-electron chi connectivity index (χ4n) is 5.12. The summed E-state index contributed by atoms with van der Waals surface area (Å²) in [6.07, 6.45) is -1.98. The molecule has 3 aromatic carbocycles. The molecule has 254 valence electrons. The summed E-state index contributed by atoms with van der Waals surface area (Å²) in [6.45, 7) is 4.68. The van der Waals surface area contributed by atoms with Crippen LogP contribution >= 0.6 is 23.4 Å². The first-order valence-electron chi connectivity index (χ1n) is 14.9. The quantitative estimate of drug-likeness (QED) is 0.182. The number of piperidine rings is 1. The lowest BCUT2D eigenvalue weighted by molar-refractivity contribution is -0.137. The van der Waals surface area contributed by atoms with Gasteiger partial charge in [0.05, 0.1) is 39.2 Å². The standard InChI is InChI=1S/C32H32ClF3N6O4S2/c1-20-6-7-21(2)27(16-20)42-28(18-37-30(44)22-8-11-24(12-9-22)48(45,46)41-14-4-3-5-15-41)39-40-31(42)47-19-29(43)38-26-17-23(32(34,35)36)10-13-25(26)33/h6-13,16-17H,3-5,14-15,18-19H2,1-2H3,(H,37,44)(H,38,43). The van der Waals surface area contributed by atoms with Crippen molar-refractivity contribution in [1.29, 1.82) is 0 Å². The molecule has 0 radical (unpaired) electrons. The van der Waals surface area contributed by atoms with Gasteiger partial charge in [-0.05, 0) is 86.3 Å². The molecule has 0 aliphatic carbocycles. The molecule has 48 heavy (non-hydrogen) atoms. The van der Waals surface area contributed by atoms with E-state index in [1.807, 2.05) is 32.0 Å². The highest BCUT2D eigenvalue weighted by molar-refractivity contribution is 7.99. The molecule has 10 nitrogen and oxygen atoms in total. The SMILES string of the molecule is Cc1ccc(C)c(-n2c(CNC(=O)c3ccc(S(=O)(=O)N4CCCCC4)cc3)nnc2SCC(=O)Nc2cc(C(F)(F)F)ccc2Cl)c1. The fourth-order valence-corrected chi connectivity index (χ4v) is 7.56. The second-order valence-corrected chi connectivity index (χ2v) is 14.5. The first-order valence-corrected chi connectivity index (χ1v) is 17.7. The van der Waals surface area contributed by atoms with Crippen molar-refractivity contribution in [2.24, 2.45) is 0 Å². The van der Waals surface area contributed by atoms with Crippen LogP contribution in [-0.4, -0.2) is 58.1 Å². The number of carbonyl (C=O) groups excluding carboxylic acids is 2. The number of nitrogens with one attached hydrogen (secondary N) is 2. The smallest absolute Gasteiger partial charge is 0.345 e. The van der Waals surface area contributed by atoms with Gasteiger partial charge in [0.15, 0.2) is 11.0 Å². The van der Waals surface area contributed by atoms with Crippen molar-refractivity contribution in [3.8, 4) is 5.69 Å². The number of aryl methyl sites for hydroxylation is 2. The van der Waals surface area contributed by atoms with Gasteiger partial charge in [-0.1, -0.05) is 41.9 Å². The van der Waals surface area contributed by atoms with Crippen LogP contribution in [0.3, 0.4) is 0 Å². The minimum atomic E-state index is -4.61. The molecule has 2 heterocycles. The van der Waals surface area contributed by atoms with Crippen LogP contribution < -0.4 is 10.6 Å². The van der Waals surface area contributed by atoms with Crippen LogP contribution in [0.15, 0.2) is 70.7 Å². The summed E-state index contributed by atoms with van der Waals surface area (Å²) in [4.78, 5) is 26.0. The molecule has 2 N–H and O–H groups in total. The molecule has 16 heteroatoms. The number of hydrogen-bond donors (Lipinski definition) is 2. The van der Waals surface area contributed by atoms with Crippen LogP contribution in [0.5, 0.6) is 0 Å². The van der Waals surface area contributed by atoms with Crippen molar-refractivity contribution in [2.75, 3.05) is 24.2 Å². The highest BCUT2D eigenvalue weighted by Gasteiger charge is 2.31. The van der Waals surface area contributed by atoms with Crippen molar-refractivity contribution in [2.45, 2.75) is 55.9 Å². The number of anilines is 1. The monoisotopic (exact) mass is 720 g/mol. The van der Waals surface area contributed by atoms with Gasteiger partial charge in [-0.2, -0.15) is 17.5 Å². The molecule has 0 bridgehead atoms. The van der Waals surface area contributed by atoms with E-state index in [1.54, 1.807) is 4.57 Å². The zero-order valence-corrected chi connectivity index (χ0v) is 28.4. The molecule has 5 rings (SSSR count). The highest BCUT2D eigenvalue weighted by atomic mass is 35.5. The Kier molecular flexibility index (Phi) is 10.8. The van der Waals surface area contributed by atoms with Gasteiger partial charge in [0.2, 0.25) is 15.9 Å². The predicted molar refractivity (Wildman–Crippen MR) is 177 cm³/mol. The molecule has 0 unspecified atom stereocenters. The number of thioether (sulfide) groups is 1. The van der Waals surface area contributed by atoms with Gasteiger partial charge >= 0.3 is 6.18 Å². The molecule has 1 aromatic heterocycles. The molecule has 0 saturated carbocycles. The van der Waals surface area contributed by atoms with E-state index in [-0.39, 0.29) is 33.5 Å². The molecule has 1 aliphatic rings. The number of carbonyl (C=O) groups is 2. The summed E-state index contributed by atoms with van der Waals surface area (Å²) in [7, 11) is -3.64. The second-order valence-electron chi connectivity index (χ2n) is 11.2. The van der Waals surface area contributed by atoms with Gasteiger partial charge in [-0.25, -0.2) is 8.42 Å². The van der Waals surface area contributed by atoms with Crippen LogP contribution in [-0.2, 0) is 27.5 Å². The number of hydrogen-bond acceptors (Lipinski definition) is 7. The van der Waals surface area contributed by atoms with Crippen molar-refractivity contribution in [3.63, 3.8) is 0 Å². The van der Waals surface area contributed by atoms with Crippen LogP contribution in [0.1, 0.15) is 52.1 Å². The number of rotatable bonds is 10. The Morgan fingerprint density at radius 2 is 1.67 bits per heavy atom. The predicted octanol–water partition coefficient (Wildman–Crippen LogP) is 6.39. The van der Waals surface area contributed by atoms with Crippen LogP contribution in [0.4, 0.5) is 18.9 Å². The topological polar surface area (TPSA) is 126 Å². The molecule has 1 aliphatic heterocycles. The normalized spacial score (nSPS) is 14.1. The Morgan fingerprint density at radius 1 is 0.958 bits per heavy atom. The van der Waals surface area contributed by atoms with Gasteiger partial charge in [-0.15, -0.1) is 10.2 Å². The molecule has 0 atom stereocenters. The van der Waals surface area contributed by atoms with Gasteiger partial charge < -0.3 is 10.6 Å². The third-order valence-corrected chi connectivity index (χ3v) is 10.9. The number of alkyl halides is 3. The van der Waals surface area contributed by atoms with E-state index in [4.69, 9.17) is 11.6 Å². The van der Waals surface area contributed by atoms with E-state index < -0.39 is 33.6 Å². The lowest BCUT2D eigenvalue weighted by Gasteiger charge is -2.25. The number of sulfonamides is 1. The molecular weight excluding hydrogens is 689 g/mol. The number of nitrogens with zero attached hydrogens (tertiary/aromatic N) is 4. The molecular formula is C32H32ClF3N6O4S2. The van der Waals surface area contributed by atoms with Gasteiger partial charge in [0, 0.05) is 18.7 Å². The minimum Gasteiger partial charge on any atom is -0.345 e. The van der Waals surface area contributed by atoms with Crippen molar-refractivity contribution in [3.05, 3.63) is 93.8 Å². The van der Waals surface area contributed by atoms with Crippen molar-refractivity contribution in [1.82, 2.24) is 24.4 Å². The van der Waals surface area contributed by atoms with E-state index in [2.05, 4.69) is 20.8 Å². The summed E-state index contributed by atoms with van der Waals surface area (Å²) < 4.78 is 68.7. The number of amides is 2. The third kappa shape index (κ3) is 8.20. The number of halogens is 4. The number of aromatic nitrogens is 3. The molecule has 4 aromatic rings. The van der Waals surface area contributed by atoms with E-state index in [1.165, 1.54) is 28.6 Å². The third-order valence-electron chi connectivity index (χ3n) is 7.68. The molecule has 0 spiro atoms. The average Bonchev–Trinajstić information content (AvgIpc) is 3.47. The first-order chi connectivity index (χ1) is 22.7. The van der Waals surface area contributed by atoms with E-state index in [9.17, 15) is 31.2 Å². The van der Waals surface area contributed by atoms with E-state index >= 15 is 0 Å². The Labute approximate surface area is 285 Å². The van der Waals surface area contributed by atoms with Crippen molar-refractivity contribution < 1.29 is 31.2 Å². The second kappa shape index (κ2) is 14.7. The van der Waals surface area contributed by atoms with E-state index in [0.29, 0.717) is 29.8 Å². The largest absolute Gasteiger partial charge is 0.416 e. The maximum atomic E-state index is 13.2. The Hall–Kier alpha value is -3.92. The maximum Gasteiger partial charge on any atom is 0.416 e. The van der Waals surface area contributed by atoms with Gasteiger partial charge in [0.1, 0.15) is 0 Å². The lowest BCUT2D eigenvalue weighted by Crippen LogP contribution is -2.35. The average molecular weight is 721 g/mol. The van der Waals surface area contributed by atoms with Gasteiger partial charge in [-0.3, -0.25) is 14.2 Å². The van der Waals surface area contributed by atoms with Crippen LogP contribution in [0.25, 0.3) is 5.69 Å². The van der Waals surface area contributed by atoms with Crippen LogP contribution in [0.2, 0.25) is 5.02 Å². The summed E-state index contributed by atoms with van der Waals surface area (Å²) in [5.41, 5.74) is 1.64. The Morgan fingerprint density at radius 3 is 2.35 bits per heavy atom. The van der Waals surface area contributed by atoms with Crippen LogP contribution in [0, 0.1) is 13.8 Å². The highest BCUT2D eigenvalue weighted by Crippen LogP contribution is 2.34. The lowest BCUT2D eigenvalue weighted by atomic mass is 10.1. The molecule has 2 amide bonds. The first kappa shape index (κ1) is 35.4. The zero-order valence-electron chi connectivity index (χ0n) is 26.0. The number of benzene rings is 3. The summed E-state index contributed by atoms with van der Waals surface area (Å²) >= 11 is 7.04. The van der Waals surface area contributed by atoms with E-state index in [0.717, 1.165) is 60.4 Å². The van der Waals surface area contributed by atoms with Gasteiger partial charge in [0.25, 0.3) is 5.91 Å². The zero-order chi connectivity index (χ0) is 34.6. The molecule has 1 fully saturated rings. The maximum absolute atomic E-state index is 13.2. The fraction of sp³-hybridized carbons (Fsp3) is 0.312.